The van der Waals surface area contributed by atoms with Crippen LogP contribution in [0.5, 0.6) is 0 Å². The second-order valence-electron chi connectivity index (χ2n) is 5.39. The van der Waals surface area contributed by atoms with E-state index in [1.807, 2.05) is 35.2 Å². The molecule has 0 bridgehead atoms. The molecule has 1 aromatic carbocycles. The van der Waals surface area contributed by atoms with Crippen molar-refractivity contribution in [3.05, 3.63) is 60.0 Å². The number of nitrogens with zero attached hydrogens (tertiary/aromatic N) is 2. The Bertz CT molecular complexity index is 609. The number of hydrogen-bond acceptors (Lipinski definition) is 4. The number of rotatable bonds is 4. The van der Waals surface area contributed by atoms with Gasteiger partial charge < -0.3 is 14.7 Å². The van der Waals surface area contributed by atoms with Crippen molar-refractivity contribution in [1.82, 2.24) is 4.98 Å². The Morgan fingerprint density at radius 3 is 2.86 bits per heavy atom. The quantitative estimate of drug-likeness (QED) is 0.943. The molecule has 2 aromatic rings. The Hall–Kier alpha value is -1.98. The predicted octanol–water partition coefficient (Wildman–Crippen LogP) is 2.55. The third-order valence-corrected chi connectivity index (χ3v) is 3.92. The first-order valence-electron chi connectivity index (χ1n) is 7.43. The summed E-state index contributed by atoms with van der Waals surface area (Å²) in [4.78, 5) is 6.04. The molecule has 1 fully saturated rings. The minimum absolute atomic E-state index is 0.103. The van der Waals surface area contributed by atoms with Gasteiger partial charge in [-0.05, 0) is 17.7 Å². The molecule has 1 N–H and O–H groups in total. The summed E-state index contributed by atoms with van der Waals surface area (Å²) < 4.78 is 19.5. The molecule has 0 spiro atoms. The van der Waals surface area contributed by atoms with Crippen molar-refractivity contribution in [2.24, 2.45) is 0 Å². The summed E-state index contributed by atoms with van der Waals surface area (Å²) in [6, 6.07) is 12.4. The van der Waals surface area contributed by atoms with Crippen molar-refractivity contribution in [2.45, 2.75) is 18.6 Å². The smallest absolute Gasteiger partial charge is 0.165 e. The molecule has 0 unspecified atom stereocenters. The number of benzene rings is 1. The maximum atomic E-state index is 14.0. The van der Waals surface area contributed by atoms with Gasteiger partial charge in [-0.25, -0.2) is 9.37 Å². The van der Waals surface area contributed by atoms with Crippen molar-refractivity contribution in [3.63, 3.8) is 0 Å². The van der Waals surface area contributed by atoms with Crippen LogP contribution in [0.3, 0.4) is 0 Å². The first-order valence-corrected chi connectivity index (χ1v) is 7.43. The molecular formula is C17H19FN2O2. The maximum Gasteiger partial charge on any atom is 0.165 e. The molecule has 3 rings (SSSR count). The van der Waals surface area contributed by atoms with E-state index in [2.05, 4.69) is 4.98 Å². The fourth-order valence-corrected chi connectivity index (χ4v) is 2.79. The van der Waals surface area contributed by atoms with Crippen LogP contribution in [0.1, 0.15) is 18.1 Å². The second kappa shape index (κ2) is 6.85. The van der Waals surface area contributed by atoms with E-state index in [1.54, 1.807) is 12.3 Å². The minimum Gasteiger partial charge on any atom is -0.388 e. The number of aromatic nitrogens is 1. The van der Waals surface area contributed by atoms with E-state index >= 15 is 0 Å². The van der Waals surface area contributed by atoms with E-state index in [0.29, 0.717) is 32.0 Å². The number of aliphatic hydroxyl groups excluding tert-OH is 1. The molecule has 1 aromatic heterocycles. The minimum atomic E-state index is -0.609. The monoisotopic (exact) mass is 302 g/mol. The Labute approximate surface area is 129 Å². The Kier molecular flexibility index (Phi) is 4.65. The van der Waals surface area contributed by atoms with Gasteiger partial charge in [0.1, 0.15) is 0 Å². The number of halogens is 1. The summed E-state index contributed by atoms with van der Waals surface area (Å²) >= 11 is 0. The number of hydrogen-bond donors (Lipinski definition) is 1. The zero-order valence-corrected chi connectivity index (χ0v) is 12.2. The van der Waals surface area contributed by atoms with Crippen LogP contribution < -0.4 is 4.90 Å². The van der Waals surface area contributed by atoms with Gasteiger partial charge in [0.2, 0.25) is 0 Å². The Morgan fingerprint density at radius 1 is 1.27 bits per heavy atom. The summed E-state index contributed by atoms with van der Waals surface area (Å²) in [6.07, 6.45) is 1.45. The van der Waals surface area contributed by atoms with Gasteiger partial charge in [0.15, 0.2) is 11.6 Å². The SMILES string of the molecule is O[C@H](C[C@@H]1COCCN1c1ncccc1F)c1ccccc1. The second-order valence-corrected chi connectivity index (χ2v) is 5.39. The highest BCUT2D eigenvalue weighted by atomic mass is 19.1. The van der Waals surface area contributed by atoms with Crippen LogP contribution in [-0.2, 0) is 4.74 Å². The van der Waals surface area contributed by atoms with Gasteiger partial charge in [-0.3, -0.25) is 0 Å². The molecule has 2 heterocycles. The van der Waals surface area contributed by atoms with Crippen LogP contribution in [0, 0.1) is 5.82 Å². The van der Waals surface area contributed by atoms with Crippen molar-refractivity contribution >= 4 is 5.82 Å². The summed E-state index contributed by atoms with van der Waals surface area (Å²) in [6.45, 7) is 1.56. The van der Waals surface area contributed by atoms with E-state index < -0.39 is 6.10 Å². The fraction of sp³-hybridized carbons (Fsp3) is 0.353. The van der Waals surface area contributed by atoms with Crippen LogP contribution in [0.15, 0.2) is 48.7 Å². The molecule has 1 aliphatic heterocycles. The third-order valence-electron chi connectivity index (χ3n) is 3.92. The number of anilines is 1. The van der Waals surface area contributed by atoms with Gasteiger partial charge in [-0.15, -0.1) is 0 Å². The van der Waals surface area contributed by atoms with Crippen molar-refractivity contribution in [2.75, 3.05) is 24.7 Å². The normalized spacial score (nSPS) is 19.9. The highest BCUT2D eigenvalue weighted by molar-refractivity contribution is 5.41. The molecular weight excluding hydrogens is 283 g/mol. The molecule has 0 amide bonds. The van der Waals surface area contributed by atoms with Gasteiger partial charge in [0.05, 0.1) is 25.4 Å². The van der Waals surface area contributed by atoms with Crippen LogP contribution >= 0.6 is 0 Å². The first kappa shape index (κ1) is 14.9. The Morgan fingerprint density at radius 2 is 2.09 bits per heavy atom. The first-order chi connectivity index (χ1) is 10.8. The molecule has 2 atom stereocenters. The lowest BCUT2D eigenvalue weighted by Gasteiger charge is -2.37. The van der Waals surface area contributed by atoms with Crippen molar-refractivity contribution in [1.29, 1.82) is 0 Å². The third kappa shape index (κ3) is 3.26. The average molecular weight is 302 g/mol. The lowest BCUT2D eigenvalue weighted by molar-refractivity contribution is 0.0673. The molecule has 116 valence electrons. The molecule has 4 nitrogen and oxygen atoms in total. The molecule has 0 saturated carbocycles. The van der Waals surface area contributed by atoms with Gasteiger partial charge in [-0.1, -0.05) is 30.3 Å². The van der Waals surface area contributed by atoms with Crippen LogP contribution in [0.4, 0.5) is 10.2 Å². The number of aliphatic hydroxyl groups is 1. The predicted molar refractivity (Wildman–Crippen MR) is 82.2 cm³/mol. The summed E-state index contributed by atoms with van der Waals surface area (Å²) in [5.41, 5.74) is 0.856. The van der Waals surface area contributed by atoms with E-state index in [4.69, 9.17) is 4.74 Å². The lowest BCUT2D eigenvalue weighted by Crippen LogP contribution is -2.47. The summed E-state index contributed by atoms with van der Waals surface area (Å²) in [5.74, 6) is -0.0142. The van der Waals surface area contributed by atoms with E-state index in [1.165, 1.54) is 6.07 Å². The van der Waals surface area contributed by atoms with E-state index in [9.17, 15) is 9.50 Å². The zero-order valence-electron chi connectivity index (χ0n) is 12.2. The van der Waals surface area contributed by atoms with Gasteiger partial charge in [0, 0.05) is 19.2 Å². The zero-order chi connectivity index (χ0) is 15.4. The summed E-state index contributed by atoms with van der Waals surface area (Å²) in [7, 11) is 0. The van der Waals surface area contributed by atoms with Crippen LogP contribution in [-0.4, -0.2) is 35.9 Å². The van der Waals surface area contributed by atoms with Crippen LogP contribution in [0.2, 0.25) is 0 Å². The lowest BCUT2D eigenvalue weighted by atomic mass is 10.0. The van der Waals surface area contributed by atoms with E-state index in [-0.39, 0.29) is 11.9 Å². The average Bonchev–Trinajstić information content (AvgIpc) is 2.57. The fourth-order valence-electron chi connectivity index (χ4n) is 2.79. The van der Waals surface area contributed by atoms with Gasteiger partial charge in [-0.2, -0.15) is 0 Å². The molecule has 0 aliphatic carbocycles. The van der Waals surface area contributed by atoms with Crippen molar-refractivity contribution < 1.29 is 14.2 Å². The molecule has 1 aliphatic rings. The van der Waals surface area contributed by atoms with Gasteiger partial charge >= 0.3 is 0 Å². The Balaban J connectivity index is 1.77. The standard InChI is InChI=1S/C17H19FN2O2/c18-15-7-4-8-19-17(15)20-9-10-22-12-14(20)11-16(21)13-5-2-1-3-6-13/h1-8,14,16,21H,9-12H2/t14-,16-/m1/s1. The number of pyridine rings is 1. The molecule has 1 saturated heterocycles. The largest absolute Gasteiger partial charge is 0.388 e. The summed E-state index contributed by atoms with van der Waals surface area (Å²) in [5, 5.41) is 10.4. The topological polar surface area (TPSA) is 45.6 Å². The number of ether oxygens (including phenoxy) is 1. The molecule has 5 heteroatoms. The highest BCUT2D eigenvalue weighted by Crippen LogP contribution is 2.26. The molecule has 22 heavy (non-hydrogen) atoms. The number of morpholine rings is 1. The van der Waals surface area contributed by atoms with Crippen LogP contribution in [0.25, 0.3) is 0 Å². The van der Waals surface area contributed by atoms with Crippen molar-refractivity contribution in [3.8, 4) is 0 Å². The molecule has 0 radical (unpaired) electrons. The van der Waals surface area contributed by atoms with E-state index in [0.717, 1.165) is 5.56 Å². The van der Waals surface area contributed by atoms with Gasteiger partial charge in [0.25, 0.3) is 0 Å². The maximum absolute atomic E-state index is 14.0. The highest BCUT2D eigenvalue weighted by Gasteiger charge is 2.28.